The van der Waals surface area contributed by atoms with Gasteiger partial charge in [-0.3, -0.25) is 0 Å². The smallest absolute Gasteiger partial charge is 0.0780 e. The number of methoxy groups -OCH3 is 1. The Kier molecular flexibility index (Phi) is 4.29. The first-order valence-electron chi connectivity index (χ1n) is 4.97. The summed E-state index contributed by atoms with van der Waals surface area (Å²) in [6.45, 7) is 3.42. The molecule has 0 heterocycles. The van der Waals surface area contributed by atoms with Crippen LogP contribution in [0, 0.1) is 5.41 Å². The summed E-state index contributed by atoms with van der Waals surface area (Å²) >= 11 is 4.91. The second-order valence-corrected chi connectivity index (χ2v) is 4.74. The number of hydrogen-bond donors (Lipinski definition) is 1. The van der Waals surface area contributed by atoms with Crippen molar-refractivity contribution in [3.63, 3.8) is 0 Å². The van der Waals surface area contributed by atoms with Crippen molar-refractivity contribution in [1.29, 1.82) is 0 Å². The highest BCUT2D eigenvalue weighted by molar-refractivity contribution is 7.80. The van der Waals surface area contributed by atoms with Gasteiger partial charge in [0.1, 0.15) is 0 Å². The molecular formula is C10H19NO2S. The second-order valence-electron chi connectivity index (χ2n) is 4.22. The normalized spacial score (nSPS) is 20.4. The van der Waals surface area contributed by atoms with Crippen LogP contribution in [-0.4, -0.2) is 31.4 Å². The lowest BCUT2D eigenvalue weighted by Gasteiger charge is -2.18. The molecule has 0 radical (unpaired) electrons. The van der Waals surface area contributed by atoms with E-state index in [1.807, 2.05) is 6.92 Å². The molecule has 0 saturated heterocycles. The van der Waals surface area contributed by atoms with Crippen molar-refractivity contribution in [3.8, 4) is 0 Å². The molecule has 1 fully saturated rings. The third kappa shape index (κ3) is 3.90. The van der Waals surface area contributed by atoms with Gasteiger partial charge in [0.25, 0.3) is 0 Å². The Morgan fingerprint density at radius 3 is 2.64 bits per heavy atom. The molecule has 1 saturated carbocycles. The van der Waals surface area contributed by atoms with Crippen molar-refractivity contribution in [2.45, 2.75) is 32.3 Å². The van der Waals surface area contributed by atoms with E-state index >= 15 is 0 Å². The quantitative estimate of drug-likeness (QED) is 0.656. The van der Waals surface area contributed by atoms with Gasteiger partial charge in [-0.25, -0.2) is 0 Å². The minimum atomic E-state index is 0.156. The fourth-order valence-electron chi connectivity index (χ4n) is 1.52. The summed E-state index contributed by atoms with van der Waals surface area (Å²) in [6.07, 6.45) is 3.35. The predicted molar refractivity (Wildman–Crippen MR) is 60.4 cm³/mol. The topological polar surface area (TPSA) is 44.5 Å². The highest BCUT2D eigenvalue weighted by atomic mass is 32.1. The molecule has 0 aromatic carbocycles. The fraction of sp³-hybridized carbons (Fsp3) is 0.900. The summed E-state index contributed by atoms with van der Waals surface area (Å²) in [7, 11) is 1.68. The molecule has 1 aliphatic carbocycles. The number of hydrogen-bond acceptors (Lipinski definition) is 3. The molecule has 0 aromatic rings. The zero-order valence-corrected chi connectivity index (χ0v) is 9.73. The van der Waals surface area contributed by atoms with Gasteiger partial charge in [0, 0.05) is 18.9 Å². The molecule has 0 spiro atoms. The van der Waals surface area contributed by atoms with E-state index in [-0.39, 0.29) is 11.5 Å². The zero-order chi connectivity index (χ0) is 10.6. The molecule has 1 unspecified atom stereocenters. The van der Waals surface area contributed by atoms with Crippen molar-refractivity contribution >= 4 is 17.2 Å². The van der Waals surface area contributed by atoms with E-state index in [9.17, 15) is 0 Å². The van der Waals surface area contributed by atoms with E-state index in [4.69, 9.17) is 27.4 Å². The summed E-state index contributed by atoms with van der Waals surface area (Å²) < 4.78 is 10.7. The summed E-state index contributed by atoms with van der Waals surface area (Å²) in [5.41, 5.74) is 5.79. The molecule has 0 aromatic heterocycles. The van der Waals surface area contributed by atoms with Crippen LogP contribution in [0.2, 0.25) is 0 Å². The number of ether oxygens (including phenoxy) is 2. The van der Waals surface area contributed by atoms with Gasteiger partial charge in [0.05, 0.1) is 24.3 Å². The molecule has 82 valence electrons. The van der Waals surface area contributed by atoms with E-state index < -0.39 is 0 Å². The maximum atomic E-state index is 5.67. The lowest BCUT2D eigenvalue weighted by atomic mass is 10.0. The third-order valence-corrected chi connectivity index (χ3v) is 2.73. The van der Waals surface area contributed by atoms with Crippen LogP contribution in [0.1, 0.15) is 26.2 Å². The Bertz CT molecular complexity index is 204. The Balaban J connectivity index is 2.20. The molecule has 0 amide bonds. The molecule has 2 N–H and O–H groups in total. The summed E-state index contributed by atoms with van der Waals surface area (Å²) in [5.74, 6) is 0. The van der Waals surface area contributed by atoms with Crippen molar-refractivity contribution in [1.82, 2.24) is 0 Å². The standard InChI is InChI=1S/C10H19NO2S/c1-8(6-12-2)13-7-10(3-4-10)5-9(11)14/h8H,3-7H2,1-2H3,(H2,11,14). The van der Waals surface area contributed by atoms with Gasteiger partial charge >= 0.3 is 0 Å². The zero-order valence-electron chi connectivity index (χ0n) is 8.91. The van der Waals surface area contributed by atoms with Gasteiger partial charge in [0.15, 0.2) is 0 Å². The fourth-order valence-corrected chi connectivity index (χ4v) is 1.83. The van der Waals surface area contributed by atoms with Gasteiger partial charge in [-0.2, -0.15) is 0 Å². The van der Waals surface area contributed by atoms with Crippen LogP contribution in [-0.2, 0) is 9.47 Å². The third-order valence-electron chi connectivity index (χ3n) is 2.58. The molecule has 1 rings (SSSR count). The van der Waals surface area contributed by atoms with E-state index in [1.54, 1.807) is 7.11 Å². The minimum absolute atomic E-state index is 0.156. The number of rotatable bonds is 7. The van der Waals surface area contributed by atoms with E-state index in [0.29, 0.717) is 11.6 Å². The first kappa shape index (κ1) is 11.9. The summed E-state index contributed by atoms with van der Waals surface area (Å²) in [5, 5.41) is 0. The second kappa shape index (κ2) is 5.05. The Labute approximate surface area is 90.9 Å². The van der Waals surface area contributed by atoms with Gasteiger partial charge < -0.3 is 15.2 Å². The van der Waals surface area contributed by atoms with Crippen LogP contribution in [0.15, 0.2) is 0 Å². The van der Waals surface area contributed by atoms with E-state index in [2.05, 4.69) is 0 Å². The van der Waals surface area contributed by atoms with Crippen molar-refractivity contribution in [3.05, 3.63) is 0 Å². The molecule has 1 atom stereocenters. The molecule has 14 heavy (non-hydrogen) atoms. The van der Waals surface area contributed by atoms with Crippen LogP contribution in [0.3, 0.4) is 0 Å². The first-order valence-corrected chi connectivity index (χ1v) is 5.38. The molecular weight excluding hydrogens is 198 g/mol. The van der Waals surface area contributed by atoms with Crippen molar-refractivity contribution in [2.24, 2.45) is 11.1 Å². The maximum Gasteiger partial charge on any atom is 0.0780 e. The Hall–Kier alpha value is -0.190. The molecule has 4 heteroatoms. The van der Waals surface area contributed by atoms with E-state index in [1.165, 1.54) is 12.8 Å². The van der Waals surface area contributed by atoms with E-state index in [0.717, 1.165) is 13.0 Å². The van der Waals surface area contributed by atoms with Crippen molar-refractivity contribution in [2.75, 3.05) is 20.3 Å². The van der Waals surface area contributed by atoms with Gasteiger partial charge in [-0.1, -0.05) is 12.2 Å². The summed E-state index contributed by atoms with van der Waals surface area (Å²) in [6, 6.07) is 0. The average molecular weight is 217 g/mol. The Morgan fingerprint density at radius 1 is 1.57 bits per heavy atom. The number of nitrogens with two attached hydrogens (primary N) is 1. The highest BCUT2D eigenvalue weighted by Crippen LogP contribution is 2.49. The monoisotopic (exact) mass is 217 g/mol. The minimum Gasteiger partial charge on any atom is -0.393 e. The molecule has 3 nitrogen and oxygen atoms in total. The molecule has 1 aliphatic rings. The lowest BCUT2D eigenvalue weighted by molar-refractivity contribution is -0.0104. The SMILES string of the molecule is COCC(C)OCC1(CC(N)=S)CC1. The average Bonchev–Trinajstić information content (AvgIpc) is 2.82. The van der Waals surface area contributed by atoms with Gasteiger partial charge in [0.2, 0.25) is 0 Å². The molecule has 0 aliphatic heterocycles. The van der Waals surface area contributed by atoms with Crippen LogP contribution in [0.5, 0.6) is 0 Å². The van der Waals surface area contributed by atoms with Gasteiger partial charge in [-0.05, 0) is 19.8 Å². The van der Waals surface area contributed by atoms with Crippen LogP contribution in [0.25, 0.3) is 0 Å². The largest absolute Gasteiger partial charge is 0.393 e. The van der Waals surface area contributed by atoms with Crippen molar-refractivity contribution < 1.29 is 9.47 Å². The van der Waals surface area contributed by atoms with Crippen LogP contribution >= 0.6 is 12.2 Å². The van der Waals surface area contributed by atoms with Gasteiger partial charge in [-0.15, -0.1) is 0 Å². The Morgan fingerprint density at radius 2 is 2.21 bits per heavy atom. The maximum absolute atomic E-state index is 5.67. The lowest BCUT2D eigenvalue weighted by Crippen LogP contribution is -2.24. The highest BCUT2D eigenvalue weighted by Gasteiger charge is 2.43. The van der Waals surface area contributed by atoms with Crippen LogP contribution < -0.4 is 5.73 Å². The summed E-state index contributed by atoms with van der Waals surface area (Å²) in [4.78, 5) is 0.602. The van der Waals surface area contributed by atoms with Crippen LogP contribution in [0.4, 0.5) is 0 Å². The number of thiocarbonyl (C=S) groups is 1. The first-order chi connectivity index (χ1) is 6.58. The predicted octanol–water partition coefficient (Wildman–Crippen LogP) is 1.49. The molecule has 0 bridgehead atoms.